The van der Waals surface area contributed by atoms with E-state index in [1.54, 1.807) is 0 Å². The molecule has 0 saturated heterocycles. The standard InChI is InChI=1S/C80H156O17P2/c1-7-10-12-14-16-18-19-20-29-35-40-46-52-58-64-79(84)96-75(68-90-77(82)62-56-50-44-17-15-13-11-8-2)70-94-98(86,87)92-66-74(81)67-93-99(88,89)95-71-76(69-91-78(83)63-57-51-45-39-34-30-26-25-28-33-38-43-49-55-61-73(6)9-3)97-80(85)65-59-53-47-41-36-31-24-22-21-23-27-32-37-42-48-54-60-72(4)5/h72-76,81H,7-71H2,1-6H3,(H,86,87)(H,88,89)/t73?,74-,75+,76+/m0/s1. The van der Waals surface area contributed by atoms with Crippen LogP contribution >= 0.6 is 15.6 Å². The zero-order valence-corrected chi connectivity index (χ0v) is 66.6. The topological polar surface area (TPSA) is 237 Å². The van der Waals surface area contributed by atoms with E-state index in [0.717, 1.165) is 108 Å². The molecule has 588 valence electrons. The first-order valence-corrected chi connectivity index (χ1v) is 44.5. The van der Waals surface area contributed by atoms with Crippen LogP contribution in [0, 0.1) is 11.8 Å². The molecule has 0 fully saturated rings. The number of phosphoric ester groups is 2. The molecule has 19 heteroatoms. The largest absolute Gasteiger partial charge is 0.472 e. The highest BCUT2D eigenvalue weighted by atomic mass is 31.2. The van der Waals surface area contributed by atoms with Gasteiger partial charge in [-0.05, 0) is 37.5 Å². The molecule has 0 rings (SSSR count). The van der Waals surface area contributed by atoms with Crippen LogP contribution in [0.3, 0.4) is 0 Å². The lowest BCUT2D eigenvalue weighted by Gasteiger charge is -2.21. The lowest BCUT2D eigenvalue weighted by Crippen LogP contribution is -2.30. The summed E-state index contributed by atoms with van der Waals surface area (Å²) in [7, 11) is -9.91. The number of aliphatic hydroxyl groups is 1. The van der Waals surface area contributed by atoms with Crippen LogP contribution in [-0.4, -0.2) is 96.7 Å². The summed E-state index contributed by atoms with van der Waals surface area (Å²) in [6, 6.07) is 0. The fraction of sp³-hybridized carbons (Fsp3) is 0.950. The smallest absolute Gasteiger partial charge is 0.462 e. The number of ether oxygens (including phenoxy) is 4. The molecule has 0 aliphatic heterocycles. The average Bonchev–Trinajstić information content (AvgIpc) is 2.88. The molecule has 0 radical (unpaired) electrons. The van der Waals surface area contributed by atoms with Crippen LogP contribution in [0.4, 0.5) is 0 Å². The third kappa shape index (κ3) is 72.8. The van der Waals surface area contributed by atoms with Crippen LogP contribution in [0.2, 0.25) is 0 Å². The van der Waals surface area contributed by atoms with Gasteiger partial charge in [0.25, 0.3) is 0 Å². The molecule has 17 nitrogen and oxygen atoms in total. The molecule has 6 atom stereocenters. The number of rotatable bonds is 79. The van der Waals surface area contributed by atoms with E-state index in [4.69, 9.17) is 37.0 Å². The Labute approximate surface area is 607 Å². The monoisotopic (exact) mass is 1450 g/mol. The van der Waals surface area contributed by atoms with Crippen LogP contribution in [0.25, 0.3) is 0 Å². The first kappa shape index (κ1) is 97.1. The van der Waals surface area contributed by atoms with Crippen molar-refractivity contribution in [3.05, 3.63) is 0 Å². The van der Waals surface area contributed by atoms with Gasteiger partial charge in [0.1, 0.15) is 19.3 Å². The number of hydrogen-bond donors (Lipinski definition) is 3. The number of esters is 4. The Kier molecular flexibility index (Phi) is 70.3. The van der Waals surface area contributed by atoms with Gasteiger partial charge >= 0.3 is 39.5 Å². The van der Waals surface area contributed by atoms with Crippen LogP contribution in [-0.2, 0) is 65.4 Å². The third-order valence-corrected chi connectivity index (χ3v) is 21.0. The molecule has 0 bridgehead atoms. The van der Waals surface area contributed by atoms with Gasteiger partial charge in [0.05, 0.1) is 26.4 Å². The summed E-state index contributed by atoms with van der Waals surface area (Å²) in [6.07, 6.45) is 61.0. The minimum absolute atomic E-state index is 0.108. The van der Waals surface area contributed by atoms with Gasteiger partial charge in [-0.2, -0.15) is 0 Å². The van der Waals surface area contributed by atoms with Crippen molar-refractivity contribution in [3.8, 4) is 0 Å². The van der Waals surface area contributed by atoms with Crippen LogP contribution in [0.1, 0.15) is 420 Å². The lowest BCUT2D eigenvalue weighted by atomic mass is 9.99. The fourth-order valence-electron chi connectivity index (χ4n) is 12.3. The summed E-state index contributed by atoms with van der Waals surface area (Å²) in [5, 5.41) is 10.6. The number of hydrogen-bond acceptors (Lipinski definition) is 15. The van der Waals surface area contributed by atoms with Gasteiger partial charge in [0.15, 0.2) is 12.2 Å². The van der Waals surface area contributed by atoms with Gasteiger partial charge in [-0.1, -0.05) is 369 Å². The number of phosphoric acid groups is 2. The van der Waals surface area contributed by atoms with Gasteiger partial charge in [0.2, 0.25) is 0 Å². The minimum Gasteiger partial charge on any atom is -0.462 e. The maximum atomic E-state index is 13.1. The highest BCUT2D eigenvalue weighted by molar-refractivity contribution is 7.47. The van der Waals surface area contributed by atoms with Crippen LogP contribution in [0.15, 0.2) is 0 Å². The van der Waals surface area contributed by atoms with Crippen molar-refractivity contribution in [2.45, 2.75) is 439 Å². The fourth-order valence-corrected chi connectivity index (χ4v) is 13.9. The third-order valence-electron chi connectivity index (χ3n) is 19.1. The Hall–Kier alpha value is -1.94. The molecule has 0 aliphatic carbocycles. The zero-order valence-electron chi connectivity index (χ0n) is 64.8. The normalized spacial score (nSPS) is 14.2. The van der Waals surface area contributed by atoms with E-state index in [2.05, 4.69) is 41.5 Å². The van der Waals surface area contributed by atoms with Crippen molar-refractivity contribution >= 4 is 39.5 Å². The molecule has 0 aromatic rings. The van der Waals surface area contributed by atoms with E-state index >= 15 is 0 Å². The maximum Gasteiger partial charge on any atom is 0.472 e. The highest BCUT2D eigenvalue weighted by Gasteiger charge is 2.30. The lowest BCUT2D eigenvalue weighted by molar-refractivity contribution is -0.161. The summed E-state index contributed by atoms with van der Waals surface area (Å²) >= 11 is 0. The van der Waals surface area contributed by atoms with Gasteiger partial charge in [-0.3, -0.25) is 37.3 Å². The molecule has 0 aliphatic rings. The molecule has 0 amide bonds. The van der Waals surface area contributed by atoms with Gasteiger partial charge < -0.3 is 33.8 Å². The van der Waals surface area contributed by atoms with Crippen molar-refractivity contribution in [2.75, 3.05) is 39.6 Å². The molecule has 0 heterocycles. The predicted molar refractivity (Wildman–Crippen MR) is 405 cm³/mol. The van der Waals surface area contributed by atoms with E-state index in [1.807, 2.05) is 0 Å². The molecular weight excluding hydrogens is 1290 g/mol. The van der Waals surface area contributed by atoms with E-state index in [9.17, 15) is 43.2 Å². The first-order valence-electron chi connectivity index (χ1n) is 41.5. The quantitative estimate of drug-likeness (QED) is 0.0222. The van der Waals surface area contributed by atoms with Crippen molar-refractivity contribution < 1.29 is 80.2 Å². The first-order chi connectivity index (χ1) is 47.9. The molecule has 3 N–H and O–H groups in total. The average molecular weight is 1450 g/mol. The summed E-state index contributed by atoms with van der Waals surface area (Å²) < 4.78 is 68.6. The van der Waals surface area contributed by atoms with E-state index in [0.29, 0.717) is 25.7 Å². The molecular formula is C80H156O17P2. The van der Waals surface area contributed by atoms with Crippen LogP contribution in [0.5, 0.6) is 0 Å². The molecule has 0 aromatic heterocycles. The second-order valence-electron chi connectivity index (χ2n) is 29.5. The van der Waals surface area contributed by atoms with E-state index in [1.165, 1.54) is 231 Å². The molecule has 99 heavy (non-hydrogen) atoms. The Balaban J connectivity index is 5.21. The van der Waals surface area contributed by atoms with Gasteiger partial charge in [-0.25, -0.2) is 9.13 Å². The number of unbranched alkanes of at least 4 members (excludes halogenated alkanes) is 48. The maximum absolute atomic E-state index is 13.1. The van der Waals surface area contributed by atoms with Crippen LogP contribution < -0.4 is 0 Å². The summed E-state index contributed by atoms with van der Waals surface area (Å²) in [6.45, 7) is 9.69. The summed E-state index contributed by atoms with van der Waals surface area (Å²) in [4.78, 5) is 72.9. The van der Waals surface area contributed by atoms with Crippen molar-refractivity contribution in [3.63, 3.8) is 0 Å². The van der Waals surface area contributed by atoms with Gasteiger partial charge in [0, 0.05) is 25.7 Å². The van der Waals surface area contributed by atoms with Gasteiger partial charge in [-0.15, -0.1) is 0 Å². The Morgan fingerprint density at radius 1 is 0.293 bits per heavy atom. The molecule has 3 unspecified atom stereocenters. The number of aliphatic hydroxyl groups excluding tert-OH is 1. The molecule has 0 aromatic carbocycles. The predicted octanol–water partition coefficient (Wildman–Crippen LogP) is 23.9. The summed E-state index contributed by atoms with van der Waals surface area (Å²) in [5.41, 5.74) is 0. The second-order valence-corrected chi connectivity index (χ2v) is 32.4. The Morgan fingerprint density at radius 3 is 0.768 bits per heavy atom. The number of carbonyl (C=O) groups is 4. The van der Waals surface area contributed by atoms with E-state index < -0.39 is 97.5 Å². The molecule has 0 spiro atoms. The Bertz CT molecular complexity index is 1910. The summed E-state index contributed by atoms with van der Waals surface area (Å²) in [5.74, 6) is -0.452. The second kappa shape index (κ2) is 71.7. The van der Waals surface area contributed by atoms with Crippen molar-refractivity contribution in [2.24, 2.45) is 11.8 Å². The number of carbonyl (C=O) groups excluding carboxylic acids is 4. The van der Waals surface area contributed by atoms with E-state index in [-0.39, 0.29) is 25.7 Å². The highest BCUT2D eigenvalue weighted by Crippen LogP contribution is 2.45. The zero-order chi connectivity index (χ0) is 72.8. The van der Waals surface area contributed by atoms with Crippen molar-refractivity contribution in [1.29, 1.82) is 0 Å². The minimum atomic E-state index is -4.96. The van der Waals surface area contributed by atoms with Crippen molar-refractivity contribution in [1.82, 2.24) is 0 Å². The SMILES string of the molecule is CCCCCCCCCCCCCCCCC(=O)O[C@H](COC(=O)CCCCCCCCCC)COP(=O)(O)OC[C@H](O)COP(=O)(O)OC[C@@H](COC(=O)CCCCCCCCCCCCCCCCC(C)CC)OC(=O)CCCCCCCCCCCCCCCCCCC(C)C. The molecule has 0 saturated carbocycles. The Morgan fingerprint density at radius 2 is 0.515 bits per heavy atom.